The summed E-state index contributed by atoms with van der Waals surface area (Å²) in [5.41, 5.74) is 0.507. The molecule has 1 aromatic carbocycles. The maximum absolute atomic E-state index is 12.4. The van der Waals surface area contributed by atoms with Gasteiger partial charge in [0.1, 0.15) is 5.69 Å². The lowest BCUT2D eigenvalue weighted by Gasteiger charge is -2.17. The Kier molecular flexibility index (Phi) is 4.82. The zero-order valence-electron chi connectivity index (χ0n) is 15.1. The van der Waals surface area contributed by atoms with Crippen molar-refractivity contribution in [1.82, 2.24) is 24.8 Å². The highest BCUT2D eigenvalue weighted by Gasteiger charge is 2.23. The number of benzene rings is 1. The number of carbonyl (C=O) groups is 1. The van der Waals surface area contributed by atoms with Gasteiger partial charge in [-0.3, -0.25) is 14.6 Å². The van der Waals surface area contributed by atoms with Gasteiger partial charge in [-0.05, 0) is 12.1 Å². The number of para-hydroxylation sites is 1. The summed E-state index contributed by atoms with van der Waals surface area (Å²) in [6.45, 7) is 5.73. The molecular formula is C17H20N6O2S. The zero-order chi connectivity index (χ0) is 18.9. The molecule has 0 aliphatic heterocycles. The number of thioether (sulfide) groups is 1. The molecule has 0 aliphatic rings. The summed E-state index contributed by atoms with van der Waals surface area (Å²) in [6, 6.07) is 9.41. The van der Waals surface area contributed by atoms with Gasteiger partial charge in [-0.25, -0.2) is 0 Å². The molecule has 0 aliphatic carbocycles. The van der Waals surface area contributed by atoms with E-state index in [1.165, 1.54) is 16.3 Å². The average molecular weight is 372 g/mol. The van der Waals surface area contributed by atoms with Crippen molar-refractivity contribution < 1.29 is 4.79 Å². The van der Waals surface area contributed by atoms with Crippen molar-refractivity contribution in [3.8, 4) is 0 Å². The van der Waals surface area contributed by atoms with Crippen LogP contribution >= 0.6 is 11.8 Å². The lowest BCUT2D eigenvalue weighted by Crippen LogP contribution is -2.29. The summed E-state index contributed by atoms with van der Waals surface area (Å²) in [4.78, 5) is 28.8. The number of hydrogen-bond donors (Lipinski definition) is 1. The number of anilines is 1. The van der Waals surface area contributed by atoms with Crippen LogP contribution in [-0.4, -0.2) is 43.5 Å². The van der Waals surface area contributed by atoms with Gasteiger partial charge in [-0.1, -0.05) is 50.7 Å². The van der Waals surface area contributed by atoms with Crippen LogP contribution in [-0.2, 0) is 10.2 Å². The van der Waals surface area contributed by atoms with Crippen LogP contribution in [0.2, 0.25) is 0 Å². The largest absolute Gasteiger partial charge is 0.315 e. The first-order valence-electron chi connectivity index (χ1n) is 8.08. The SMILES string of the molecule is CN(C(=O)CSc1nnc2[nH]c(=O)c(C(C)(C)C)nn12)c1ccccc1. The summed E-state index contributed by atoms with van der Waals surface area (Å²) in [5.74, 6) is 0.366. The quantitative estimate of drug-likeness (QED) is 0.702. The topological polar surface area (TPSA) is 96.2 Å². The third kappa shape index (κ3) is 3.62. The maximum atomic E-state index is 12.4. The number of nitrogens with one attached hydrogen (secondary N) is 1. The molecule has 0 radical (unpaired) electrons. The third-order valence-electron chi connectivity index (χ3n) is 3.81. The van der Waals surface area contributed by atoms with E-state index in [1.807, 2.05) is 51.1 Å². The van der Waals surface area contributed by atoms with Crippen molar-refractivity contribution in [2.24, 2.45) is 0 Å². The molecule has 9 heteroatoms. The highest BCUT2D eigenvalue weighted by Crippen LogP contribution is 2.20. The van der Waals surface area contributed by atoms with Crippen LogP contribution in [0.5, 0.6) is 0 Å². The minimum absolute atomic E-state index is 0.0709. The number of carbonyl (C=O) groups excluding carboxylic acids is 1. The third-order valence-corrected chi connectivity index (χ3v) is 4.71. The van der Waals surface area contributed by atoms with Gasteiger partial charge in [0.05, 0.1) is 5.75 Å². The van der Waals surface area contributed by atoms with Gasteiger partial charge in [0, 0.05) is 18.2 Å². The Bertz CT molecular complexity index is 990. The van der Waals surface area contributed by atoms with E-state index in [2.05, 4.69) is 20.3 Å². The Morgan fingerprint density at radius 3 is 2.58 bits per heavy atom. The molecule has 0 saturated heterocycles. The number of hydrogen-bond acceptors (Lipinski definition) is 6. The Morgan fingerprint density at radius 2 is 1.92 bits per heavy atom. The molecule has 0 spiro atoms. The zero-order valence-corrected chi connectivity index (χ0v) is 15.9. The number of nitrogens with zero attached hydrogens (tertiary/aromatic N) is 5. The van der Waals surface area contributed by atoms with E-state index in [4.69, 9.17) is 0 Å². The molecule has 3 aromatic rings. The lowest BCUT2D eigenvalue weighted by molar-refractivity contribution is -0.115. The van der Waals surface area contributed by atoms with Gasteiger partial charge in [0.2, 0.25) is 11.1 Å². The van der Waals surface area contributed by atoms with Crippen molar-refractivity contribution in [3.63, 3.8) is 0 Å². The molecule has 0 fully saturated rings. The first kappa shape index (κ1) is 18.1. The van der Waals surface area contributed by atoms with Crippen molar-refractivity contribution in [3.05, 3.63) is 46.4 Å². The Morgan fingerprint density at radius 1 is 1.23 bits per heavy atom. The van der Waals surface area contributed by atoms with E-state index < -0.39 is 5.41 Å². The molecule has 26 heavy (non-hydrogen) atoms. The predicted octanol–water partition coefficient (Wildman–Crippen LogP) is 1.87. The summed E-state index contributed by atoms with van der Waals surface area (Å²) >= 11 is 1.23. The molecular weight excluding hydrogens is 352 g/mol. The molecule has 8 nitrogen and oxygen atoms in total. The van der Waals surface area contributed by atoms with Crippen LogP contribution < -0.4 is 10.5 Å². The Balaban J connectivity index is 1.81. The van der Waals surface area contributed by atoms with Gasteiger partial charge >= 0.3 is 0 Å². The summed E-state index contributed by atoms with van der Waals surface area (Å²) in [7, 11) is 1.73. The molecule has 0 bridgehead atoms. The van der Waals surface area contributed by atoms with E-state index >= 15 is 0 Å². The minimum atomic E-state index is -0.419. The average Bonchev–Trinajstić information content (AvgIpc) is 3.00. The van der Waals surface area contributed by atoms with Crippen molar-refractivity contribution in [2.75, 3.05) is 17.7 Å². The number of fused-ring (bicyclic) bond motifs is 1. The van der Waals surface area contributed by atoms with Crippen LogP contribution in [0.4, 0.5) is 5.69 Å². The van der Waals surface area contributed by atoms with E-state index in [1.54, 1.807) is 11.9 Å². The van der Waals surface area contributed by atoms with E-state index in [0.717, 1.165) is 5.69 Å². The summed E-state index contributed by atoms with van der Waals surface area (Å²) in [6.07, 6.45) is 0. The number of aromatic amines is 1. The van der Waals surface area contributed by atoms with Crippen LogP contribution in [0.15, 0.2) is 40.3 Å². The monoisotopic (exact) mass is 372 g/mol. The van der Waals surface area contributed by atoms with Crippen LogP contribution in [0.3, 0.4) is 0 Å². The first-order valence-corrected chi connectivity index (χ1v) is 9.06. The smallest absolute Gasteiger partial charge is 0.274 e. The van der Waals surface area contributed by atoms with Crippen LogP contribution in [0, 0.1) is 0 Å². The van der Waals surface area contributed by atoms with Gasteiger partial charge in [-0.15, -0.1) is 10.2 Å². The Labute approximate surface area is 154 Å². The molecule has 0 unspecified atom stereocenters. The molecule has 2 aromatic heterocycles. The highest BCUT2D eigenvalue weighted by atomic mass is 32.2. The van der Waals surface area contributed by atoms with Crippen LogP contribution in [0.25, 0.3) is 5.78 Å². The highest BCUT2D eigenvalue weighted by molar-refractivity contribution is 7.99. The van der Waals surface area contributed by atoms with Gasteiger partial charge in [0.25, 0.3) is 11.3 Å². The second-order valence-electron chi connectivity index (χ2n) is 6.85. The molecule has 3 rings (SSSR count). The molecule has 2 heterocycles. The molecule has 1 N–H and O–H groups in total. The molecule has 0 atom stereocenters. The summed E-state index contributed by atoms with van der Waals surface area (Å²) < 4.78 is 1.47. The second-order valence-corrected chi connectivity index (χ2v) is 7.79. The standard InChI is InChI=1S/C17H20N6O2S/c1-17(2,3)13-14(25)18-15-19-20-16(23(15)21-13)26-10-12(24)22(4)11-8-6-5-7-9-11/h5-9H,10H2,1-4H3,(H,18,19,25). The number of amides is 1. The number of rotatable bonds is 4. The first-order chi connectivity index (χ1) is 12.3. The molecule has 1 amide bonds. The van der Waals surface area contributed by atoms with E-state index in [0.29, 0.717) is 10.9 Å². The molecule has 136 valence electrons. The fourth-order valence-electron chi connectivity index (χ4n) is 2.34. The van der Waals surface area contributed by atoms with Gasteiger partial charge in [0.15, 0.2) is 0 Å². The number of aromatic nitrogens is 5. The summed E-state index contributed by atoms with van der Waals surface area (Å²) in [5, 5.41) is 12.8. The second kappa shape index (κ2) is 6.91. The van der Waals surface area contributed by atoms with Crippen molar-refractivity contribution in [1.29, 1.82) is 0 Å². The minimum Gasteiger partial charge on any atom is -0.315 e. The van der Waals surface area contributed by atoms with E-state index in [-0.39, 0.29) is 23.0 Å². The predicted molar refractivity (Wildman–Crippen MR) is 101 cm³/mol. The fraction of sp³-hybridized carbons (Fsp3) is 0.353. The molecule has 0 saturated carbocycles. The Hall–Kier alpha value is -2.68. The van der Waals surface area contributed by atoms with Crippen molar-refractivity contribution >= 4 is 29.1 Å². The van der Waals surface area contributed by atoms with Crippen molar-refractivity contribution in [2.45, 2.75) is 31.3 Å². The maximum Gasteiger partial charge on any atom is 0.274 e. The van der Waals surface area contributed by atoms with Gasteiger partial charge < -0.3 is 4.90 Å². The van der Waals surface area contributed by atoms with Crippen LogP contribution in [0.1, 0.15) is 26.5 Å². The fourth-order valence-corrected chi connectivity index (χ4v) is 3.13. The van der Waals surface area contributed by atoms with Gasteiger partial charge in [-0.2, -0.15) is 9.61 Å². The lowest BCUT2D eigenvalue weighted by atomic mass is 9.93. The number of H-pyrrole nitrogens is 1. The normalized spacial score (nSPS) is 11.7. The van der Waals surface area contributed by atoms with E-state index in [9.17, 15) is 9.59 Å².